The quantitative estimate of drug-likeness (QED) is 0.583. The van der Waals surface area contributed by atoms with E-state index in [1.165, 1.54) is 0 Å². The zero-order valence-corrected chi connectivity index (χ0v) is 7.45. The van der Waals surface area contributed by atoms with E-state index in [2.05, 4.69) is 0 Å². The van der Waals surface area contributed by atoms with Gasteiger partial charge in [0.05, 0.1) is 0 Å². The maximum atomic E-state index is 12.5. The Balaban J connectivity index is 3.44. The summed E-state index contributed by atoms with van der Waals surface area (Å²) in [5.74, 6) is -5.93. The van der Waals surface area contributed by atoms with Crippen molar-refractivity contribution in [2.45, 2.75) is 4.46 Å². The molecule has 2 nitrogen and oxygen atoms in total. The Morgan fingerprint density at radius 2 is 1.69 bits per heavy atom. The third-order valence-corrected chi connectivity index (χ3v) is 6.26. The Labute approximate surface area is 69.0 Å². The molecule has 1 aliphatic rings. The second kappa shape index (κ2) is 2.05. The molecule has 76 valence electrons. The zero-order chi connectivity index (χ0) is 10.7. The molecule has 0 bridgehead atoms. The summed E-state index contributed by atoms with van der Waals surface area (Å²) in [4.78, 5) is 9.79. The van der Waals surface area contributed by atoms with Crippen LogP contribution in [0.2, 0.25) is 0 Å². The number of carboxylic acid groups (broad SMARTS) is 1. The van der Waals surface area contributed by atoms with Gasteiger partial charge in [-0.3, -0.25) is 0 Å². The molecule has 13 heavy (non-hydrogen) atoms. The third-order valence-electron chi connectivity index (χ3n) is 1.58. The Morgan fingerprint density at radius 1 is 1.31 bits per heavy atom. The molecule has 1 N–H and O–H groups in total. The van der Waals surface area contributed by atoms with Gasteiger partial charge >= 0.3 is 68.2 Å². The molecule has 0 saturated heterocycles. The molecule has 0 fully saturated rings. The fraction of sp³-hybridized carbons (Fsp3) is 0.250. The van der Waals surface area contributed by atoms with E-state index in [0.29, 0.717) is 0 Å². The van der Waals surface area contributed by atoms with Gasteiger partial charge in [-0.05, 0) is 0 Å². The maximum absolute atomic E-state index is 12.5. The average molecular weight is 270 g/mol. The number of alkyl halides is 1. The van der Waals surface area contributed by atoms with Gasteiger partial charge in [-0.2, -0.15) is 0 Å². The molecule has 1 heterocycles. The van der Waals surface area contributed by atoms with Crippen LogP contribution in [0.4, 0.5) is 23.6 Å². The van der Waals surface area contributed by atoms with E-state index in [1.807, 2.05) is 0 Å². The van der Waals surface area contributed by atoms with Gasteiger partial charge in [0, 0.05) is 0 Å². The van der Waals surface area contributed by atoms with Crippen LogP contribution in [0.15, 0.2) is 10.4 Å². The van der Waals surface area contributed by atoms with Crippen LogP contribution in [-0.2, 0) is 4.79 Å². The van der Waals surface area contributed by atoms with Crippen molar-refractivity contribution in [2.75, 3.05) is 0 Å². The van der Waals surface area contributed by atoms with Gasteiger partial charge in [-0.15, -0.1) is 0 Å². The SMILES string of the molecule is O=C(O)C1(F)C(F)=C(F)[As]1(F)(F)F. The number of halogens is 6. The Morgan fingerprint density at radius 3 is 1.85 bits per heavy atom. The molecule has 0 amide bonds. The summed E-state index contributed by atoms with van der Waals surface area (Å²) in [5, 5.41) is 7.79. The summed E-state index contributed by atoms with van der Waals surface area (Å²) in [6, 6.07) is 0. The molecule has 1 aliphatic heterocycles. The fourth-order valence-corrected chi connectivity index (χ4v) is 3.54. The van der Waals surface area contributed by atoms with E-state index < -0.39 is 34.7 Å². The standard InChI is InChI=1S/C4HAsF6O2/c6-1-2(7)5(9,10,11)4(1,8)3(12)13/h(H,12,13). The van der Waals surface area contributed by atoms with Crippen LogP contribution in [0.25, 0.3) is 0 Å². The first-order valence-electron chi connectivity index (χ1n) is 2.70. The summed E-state index contributed by atoms with van der Waals surface area (Å²) >= 11 is -8.89. The molecule has 1 atom stereocenters. The third kappa shape index (κ3) is 0.794. The molecule has 0 aromatic heterocycles. The van der Waals surface area contributed by atoms with Crippen molar-refractivity contribution in [3.8, 4) is 0 Å². The summed E-state index contributed by atoms with van der Waals surface area (Å²) in [6.45, 7) is 0. The number of rotatable bonds is 1. The number of carboxylic acids is 1. The van der Waals surface area contributed by atoms with Crippen LogP contribution >= 0.6 is 0 Å². The van der Waals surface area contributed by atoms with E-state index in [1.54, 1.807) is 0 Å². The molecule has 1 unspecified atom stereocenters. The first-order valence-corrected chi connectivity index (χ1v) is 6.70. The van der Waals surface area contributed by atoms with Crippen LogP contribution in [0.1, 0.15) is 0 Å². The Bertz CT molecular complexity index is 329. The summed E-state index contributed by atoms with van der Waals surface area (Å²) in [5.41, 5.74) is 0. The molecule has 1 rings (SSSR count). The monoisotopic (exact) mass is 270 g/mol. The van der Waals surface area contributed by atoms with E-state index in [-0.39, 0.29) is 0 Å². The molecular weight excluding hydrogens is 269 g/mol. The van der Waals surface area contributed by atoms with E-state index >= 15 is 0 Å². The summed E-state index contributed by atoms with van der Waals surface area (Å²) < 4.78 is 64.9. The van der Waals surface area contributed by atoms with Crippen LogP contribution in [-0.4, -0.2) is 29.4 Å². The molecule has 0 radical (unpaired) electrons. The second-order valence-corrected chi connectivity index (χ2v) is 7.86. The topological polar surface area (TPSA) is 37.3 Å². The van der Waals surface area contributed by atoms with Crippen LogP contribution < -0.4 is 0 Å². The van der Waals surface area contributed by atoms with E-state index in [4.69, 9.17) is 5.11 Å². The van der Waals surface area contributed by atoms with E-state index in [9.17, 15) is 28.4 Å². The second-order valence-electron chi connectivity index (χ2n) is 2.34. The minimum atomic E-state index is -8.89. The van der Waals surface area contributed by atoms with E-state index in [0.717, 1.165) is 0 Å². The predicted molar refractivity (Wildman–Crippen MR) is 29.8 cm³/mol. The molecule has 0 saturated carbocycles. The normalized spacial score (nSPS) is 38.8. The van der Waals surface area contributed by atoms with Gasteiger partial charge < -0.3 is 0 Å². The zero-order valence-electron chi connectivity index (χ0n) is 5.57. The van der Waals surface area contributed by atoms with Gasteiger partial charge in [0.2, 0.25) is 0 Å². The Hall–Kier alpha value is -0.652. The van der Waals surface area contributed by atoms with Gasteiger partial charge in [-0.25, -0.2) is 0 Å². The molecule has 0 aromatic rings. The van der Waals surface area contributed by atoms with Crippen LogP contribution in [0.5, 0.6) is 0 Å². The number of hydrogen-bond donors (Lipinski definition) is 1. The van der Waals surface area contributed by atoms with Crippen LogP contribution in [0.3, 0.4) is 0 Å². The molecule has 0 spiro atoms. The molecular formula is C4HAsF6O2. The fourth-order valence-electron chi connectivity index (χ4n) is 0.790. The summed E-state index contributed by atoms with van der Waals surface area (Å²) in [6.07, 6.45) is 0. The van der Waals surface area contributed by atoms with Gasteiger partial charge in [0.1, 0.15) is 0 Å². The molecule has 9 heteroatoms. The van der Waals surface area contributed by atoms with Crippen molar-refractivity contribution in [1.82, 2.24) is 0 Å². The average Bonchev–Trinajstić information content (AvgIpc) is 1.98. The summed E-state index contributed by atoms with van der Waals surface area (Å²) in [7, 11) is 0. The number of hydrogen-bond acceptors (Lipinski definition) is 1. The van der Waals surface area contributed by atoms with Crippen molar-refractivity contribution in [1.29, 1.82) is 0 Å². The van der Waals surface area contributed by atoms with Crippen molar-refractivity contribution in [3.05, 3.63) is 10.4 Å². The Kier molecular flexibility index (Phi) is 1.64. The van der Waals surface area contributed by atoms with Crippen LogP contribution in [0, 0.1) is 0 Å². The predicted octanol–water partition coefficient (Wildman–Crippen LogP) is 1.82. The van der Waals surface area contributed by atoms with Gasteiger partial charge in [0.15, 0.2) is 0 Å². The van der Waals surface area contributed by atoms with Crippen molar-refractivity contribution in [2.24, 2.45) is 0 Å². The molecule has 0 aromatic carbocycles. The number of carbonyl (C=O) groups is 1. The van der Waals surface area contributed by atoms with Crippen molar-refractivity contribution >= 4 is 19.8 Å². The van der Waals surface area contributed by atoms with Crippen molar-refractivity contribution < 1.29 is 33.5 Å². The molecule has 0 aliphatic carbocycles. The first kappa shape index (κ1) is 10.4. The minimum absolute atomic E-state index is 2.88. The number of aliphatic carboxylic acids is 1. The van der Waals surface area contributed by atoms with Gasteiger partial charge in [-0.1, -0.05) is 0 Å². The van der Waals surface area contributed by atoms with Crippen molar-refractivity contribution in [3.63, 3.8) is 0 Å². The first-order chi connectivity index (χ1) is 5.54. The van der Waals surface area contributed by atoms with Gasteiger partial charge in [0.25, 0.3) is 0 Å².